The Bertz CT molecular complexity index is 706. The molecule has 0 saturated carbocycles. The van der Waals surface area contributed by atoms with Crippen molar-refractivity contribution in [2.24, 2.45) is 0 Å². The second-order valence-electron chi connectivity index (χ2n) is 3.16. The van der Waals surface area contributed by atoms with Crippen molar-refractivity contribution in [3.8, 4) is 18.0 Å². The molecule has 0 spiro atoms. The number of nitriles is 2. The van der Waals surface area contributed by atoms with Crippen LogP contribution in [0.25, 0.3) is 5.82 Å². The Morgan fingerprint density at radius 2 is 2.11 bits per heavy atom. The van der Waals surface area contributed by atoms with Gasteiger partial charge in [0.05, 0.1) is 11.0 Å². The summed E-state index contributed by atoms with van der Waals surface area (Å²) in [6, 6.07) is 6.00. The Morgan fingerprint density at radius 3 is 2.72 bits per heavy atom. The summed E-state index contributed by atoms with van der Waals surface area (Å²) >= 11 is 0. The standard InChI is InChI=1S/C10H4N6O2/c11-4-8-9(5-12)15(6-14-8)10-3-7(16(17)18)1-2-13-10/h1-3,6H. The summed E-state index contributed by atoms with van der Waals surface area (Å²) in [4.78, 5) is 17.7. The van der Waals surface area contributed by atoms with Crippen molar-refractivity contribution in [2.75, 3.05) is 0 Å². The molecular formula is C10H4N6O2. The van der Waals surface area contributed by atoms with E-state index in [2.05, 4.69) is 9.97 Å². The molecule has 86 valence electrons. The molecule has 0 aliphatic carbocycles. The highest BCUT2D eigenvalue weighted by Gasteiger charge is 2.14. The maximum atomic E-state index is 10.6. The average Bonchev–Trinajstić information content (AvgIpc) is 2.81. The first kappa shape index (κ1) is 11.2. The van der Waals surface area contributed by atoms with E-state index in [0.717, 1.165) is 0 Å². The number of hydrogen-bond donors (Lipinski definition) is 0. The quantitative estimate of drug-likeness (QED) is 0.568. The monoisotopic (exact) mass is 240 g/mol. The van der Waals surface area contributed by atoms with Crippen molar-refractivity contribution in [3.63, 3.8) is 0 Å². The molecule has 0 saturated heterocycles. The lowest BCUT2D eigenvalue weighted by atomic mass is 10.3. The van der Waals surface area contributed by atoms with Crippen LogP contribution in [-0.2, 0) is 0 Å². The zero-order valence-electron chi connectivity index (χ0n) is 8.81. The molecule has 2 rings (SSSR count). The third-order valence-corrected chi connectivity index (χ3v) is 2.17. The Labute approximate surface area is 101 Å². The highest BCUT2D eigenvalue weighted by atomic mass is 16.6. The fourth-order valence-electron chi connectivity index (χ4n) is 1.36. The van der Waals surface area contributed by atoms with Crippen LogP contribution in [0.3, 0.4) is 0 Å². The normalized spacial score (nSPS) is 9.44. The summed E-state index contributed by atoms with van der Waals surface area (Å²) in [5, 5.41) is 28.3. The predicted molar refractivity (Wildman–Crippen MR) is 57.4 cm³/mol. The molecule has 0 aliphatic heterocycles. The zero-order valence-corrected chi connectivity index (χ0v) is 8.81. The molecule has 0 amide bonds. The molecule has 2 aromatic rings. The largest absolute Gasteiger partial charge is 0.274 e. The predicted octanol–water partition coefficient (Wildman–Crippen LogP) is 0.919. The summed E-state index contributed by atoms with van der Waals surface area (Å²) in [7, 11) is 0. The van der Waals surface area contributed by atoms with Gasteiger partial charge in [0.25, 0.3) is 5.69 Å². The third kappa shape index (κ3) is 1.74. The Hall–Kier alpha value is -3.26. The molecule has 0 bridgehead atoms. The molecule has 0 atom stereocenters. The fraction of sp³-hybridized carbons (Fsp3) is 0. The van der Waals surface area contributed by atoms with Gasteiger partial charge < -0.3 is 0 Å². The van der Waals surface area contributed by atoms with Gasteiger partial charge in [-0.05, 0) is 0 Å². The van der Waals surface area contributed by atoms with Crippen LogP contribution in [0.4, 0.5) is 5.69 Å². The first-order chi connectivity index (χ1) is 8.67. The molecule has 2 aromatic heterocycles. The van der Waals surface area contributed by atoms with Crippen LogP contribution in [0.15, 0.2) is 24.7 Å². The molecule has 0 N–H and O–H groups in total. The van der Waals surface area contributed by atoms with Crippen LogP contribution in [0.1, 0.15) is 11.4 Å². The minimum atomic E-state index is -0.570. The van der Waals surface area contributed by atoms with Crippen LogP contribution >= 0.6 is 0 Å². The van der Waals surface area contributed by atoms with Gasteiger partial charge >= 0.3 is 0 Å². The molecular weight excluding hydrogens is 236 g/mol. The number of nitrogens with zero attached hydrogens (tertiary/aromatic N) is 6. The van der Waals surface area contributed by atoms with E-state index in [0.29, 0.717) is 0 Å². The van der Waals surface area contributed by atoms with Crippen LogP contribution in [0.2, 0.25) is 0 Å². The molecule has 8 nitrogen and oxygen atoms in total. The molecule has 18 heavy (non-hydrogen) atoms. The van der Waals surface area contributed by atoms with Gasteiger partial charge in [0.15, 0.2) is 11.4 Å². The lowest BCUT2D eigenvalue weighted by molar-refractivity contribution is -0.384. The maximum Gasteiger partial charge on any atom is 0.274 e. The third-order valence-electron chi connectivity index (χ3n) is 2.17. The van der Waals surface area contributed by atoms with E-state index in [1.165, 1.54) is 29.2 Å². The second kappa shape index (κ2) is 4.31. The van der Waals surface area contributed by atoms with Crippen molar-refractivity contribution in [3.05, 3.63) is 46.2 Å². The molecule has 0 aliphatic rings. The Kier molecular flexibility index (Phi) is 2.69. The summed E-state index contributed by atoms with van der Waals surface area (Å²) in [5.74, 6) is 0.162. The fourth-order valence-corrected chi connectivity index (χ4v) is 1.36. The topological polar surface area (TPSA) is 121 Å². The van der Waals surface area contributed by atoms with Crippen molar-refractivity contribution < 1.29 is 4.92 Å². The lowest BCUT2D eigenvalue weighted by Gasteiger charge is -2.01. The lowest BCUT2D eigenvalue weighted by Crippen LogP contribution is -2.00. The van der Waals surface area contributed by atoms with E-state index in [9.17, 15) is 10.1 Å². The first-order valence-electron chi connectivity index (χ1n) is 4.65. The van der Waals surface area contributed by atoms with Crippen molar-refractivity contribution in [2.45, 2.75) is 0 Å². The molecule has 0 aromatic carbocycles. The van der Waals surface area contributed by atoms with Gasteiger partial charge in [-0.1, -0.05) is 0 Å². The van der Waals surface area contributed by atoms with Gasteiger partial charge in [0.2, 0.25) is 0 Å². The van der Waals surface area contributed by atoms with Crippen LogP contribution in [-0.4, -0.2) is 19.5 Å². The van der Waals surface area contributed by atoms with E-state index in [4.69, 9.17) is 10.5 Å². The second-order valence-corrected chi connectivity index (χ2v) is 3.16. The first-order valence-corrected chi connectivity index (χ1v) is 4.65. The molecule has 0 radical (unpaired) electrons. The number of pyridine rings is 1. The number of nitro groups is 1. The van der Waals surface area contributed by atoms with Gasteiger partial charge in [-0.2, -0.15) is 10.5 Å². The molecule has 8 heteroatoms. The minimum Gasteiger partial charge on any atom is -0.273 e. The number of aromatic nitrogens is 3. The highest BCUT2D eigenvalue weighted by Crippen LogP contribution is 2.16. The van der Waals surface area contributed by atoms with Gasteiger partial charge in [-0.15, -0.1) is 0 Å². The van der Waals surface area contributed by atoms with Crippen LogP contribution in [0.5, 0.6) is 0 Å². The van der Waals surface area contributed by atoms with Gasteiger partial charge in [-0.25, -0.2) is 9.97 Å². The number of imidazole rings is 1. The molecule has 0 unspecified atom stereocenters. The van der Waals surface area contributed by atoms with Crippen molar-refractivity contribution >= 4 is 5.69 Å². The summed E-state index contributed by atoms with van der Waals surface area (Å²) in [5.41, 5.74) is -0.215. The van der Waals surface area contributed by atoms with Crippen LogP contribution in [0, 0.1) is 32.8 Å². The van der Waals surface area contributed by atoms with E-state index >= 15 is 0 Å². The maximum absolute atomic E-state index is 10.6. The summed E-state index contributed by atoms with van der Waals surface area (Å²) in [6.45, 7) is 0. The van der Waals surface area contributed by atoms with E-state index < -0.39 is 4.92 Å². The number of hydrogen-bond acceptors (Lipinski definition) is 6. The Balaban J connectivity index is 2.60. The zero-order chi connectivity index (χ0) is 13.1. The Morgan fingerprint density at radius 1 is 1.33 bits per heavy atom. The van der Waals surface area contributed by atoms with Gasteiger partial charge in [0, 0.05) is 12.3 Å². The van der Waals surface area contributed by atoms with E-state index in [-0.39, 0.29) is 22.9 Å². The smallest absolute Gasteiger partial charge is 0.273 e. The minimum absolute atomic E-state index is 0.00880. The molecule has 0 fully saturated rings. The number of rotatable bonds is 2. The average molecular weight is 240 g/mol. The van der Waals surface area contributed by atoms with Crippen molar-refractivity contribution in [1.29, 1.82) is 10.5 Å². The van der Waals surface area contributed by atoms with E-state index in [1.807, 2.05) is 6.07 Å². The van der Waals surface area contributed by atoms with Crippen LogP contribution < -0.4 is 0 Å². The highest BCUT2D eigenvalue weighted by molar-refractivity contribution is 5.44. The van der Waals surface area contributed by atoms with Gasteiger partial charge in [0.1, 0.15) is 24.3 Å². The summed E-state index contributed by atoms with van der Waals surface area (Å²) in [6.07, 6.45) is 2.48. The summed E-state index contributed by atoms with van der Waals surface area (Å²) < 4.78 is 1.23. The SMILES string of the molecule is N#Cc1ncn(-c2cc([N+](=O)[O-])ccn2)c1C#N. The van der Waals surface area contributed by atoms with Crippen molar-refractivity contribution in [1.82, 2.24) is 14.5 Å². The van der Waals surface area contributed by atoms with Gasteiger partial charge in [-0.3, -0.25) is 14.7 Å². The molecule has 2 heterocycles. The van der Waals surface area contributed by atoms with E-state index in [1.54, 1.807) is 6.07 Å².